The normalized spacial score (nSPS) is 17.4. The molecule has 1 fully saturated rings. The second-order valence-corrected chi connectivity index (χ2v) is 5.15. The van der Waals surface area contributed by atoms with Crippen molar-refractivity contribution >= 4 is 5.91 Å². The summed E-state index contributed by atoms with van der Waals surface area (Å²) in [5.74, 6) is 0.249. The molecule has 1 aromatic rings. The number of hydrogen-bond donors (Lipinski definition) is 0. The van der Waals surface area contributed by atoms with Crippen LogP contribution in [0.1, 0.15) is 25.3 Å². The Morgan fingerprint density at radius 1 is 1.50 bits per heavy atom. The molecule has 1 aromatic heterocycles. The fourth-order valence-electron chi connectivity index (χ4n) is 2.37. The van der Waals surface area contributed by atoms with E-state index in [0.717, 1.165) is 38.0 Å². The molecule has 1 aliphatic rings. The van der Waals surface area contributed by atoms with Gasteiger partial charge in [-0.2, -0.15) is 5.10 Å². The molecule has 1 atom stereocenters. The molecule has 0 unspecified atom stereocenters. The Labute approximate surface area is 108 Å². The van der Waals surface area contributed by atoms with Crippen LogP contribution in [0.5, 0.6) is 0 Å². The van der Waals surface area contributed by atoms with Gasteiger partial charge >= 0.3 is 0 Å². The number of nitrogens with zero attached hydrogens (tertiary/aromatic N) is 4. The minimum Gasteiger partial charge on any atom is -0.341 e. The summed E-state index contributed by atoms with van der Waals surface area (Å²) in [5.41, 5.74) is 1.14. The van der Waals surface area contributed by atoms with Crippen LogP contribution in [-0.4, -0.2) is 51.7 Å². The van der Waals surface area contributed by atoms with Gasteiger partial charge < -0.3 is 4.90 Å². The van der Waals surface area contributed by atoms with Gasteiger partial charge in [-0.1, -0.05) is 0 Å². The van der Waals surface area contributed by atoms with Gasteiger partial charge in [-0.25, -0.2) is 0 Å². The third-order valence-corrected chi connectivity index (χ3v) is 3.63. The molecule has 0 bridgehead atoms. The first kappa shape index (κ1) is 13.1. The second kappa shape index (κ2) is 5.52. The predicted octanol–water partition coefficient (Wildman–Crippen LogP) is 0.863. The molecule has 2 heterocycles. The van der Waals surface area contributed by atoms with Crippen LogP contribution in [-0.2, 0) is 18.4 Å². The van der Waals surface area contributed by atoms with E-state index in [1.54, 1.807) is 4.68 Å². The minimum absolute atomic E-state index is 0.0664. The lowest BCUT2D eigenvalue weighted by Crippen LogP contribution is -2.44. The predicted molar refractivity (Wildman–Crippen MR) is 70.0 cm³/mol. The van der Waals surface area contributed by atoms with E-state index in [1.807, 2.05) is 38.3 Å². The van der Waals surface area contributed by atoms with Crippen molar-refractivity contribution in [1.82, 2.24) is 19.6 Å². The van der Waals surface area contributed by atoms with Crippen molar-refractivity contribution in [2.75, 3.05) is 20.1 Å². The van der Waals surface area contributed by atoms with Gasteiger partial charge in [0.1, 0.15) is 0 Å². The van der Waals surface area contributed by atoms with Gasteiger partial charge in [0.2, 0.25) is 5.91 Å². The van der Waals surface area contributed by atoms with E-state index in [2.05, 4.69) is 10.00 Å². The Morgan fingerprint density at radius 2 is 2.17 bits per heavy atom. The van der Waals surface area contributed by atoms with Crippen LogP contribution in [0.25, 0.3) is 0 Å². The van der Waals surface area contributed by atoms with Crippen molar-refractivity contribution in [2.24, 2.45) is 7.05 Å². The number of carbonyl (C=O) groups excluding carboxylic acids is 1. The molecule has 0 aliphatic carbocycles. The third kappa shape index (κ3) is 2.90. The van der Waals surface area contributed by atoms with Gasteiger partial charge in [-0.3, -0.25) is 14.4 Å². The number of aromatic nitrogens is 2. The maximum absolute atomic E-state index is 12.2. The van der Waals surface area contributed by atoms with Crippen molar-refractivity contribution < 1.29 is 4.79 Å². The van der Waals surface area contributed by atoms with Crippen LogP contribution in [0, 0.1) is 0 Å². The second-order valence-electron chi connectivity index (χ2n) is 5.15. The van der Waals surface area contributed by atoms with E-state index in [4.69, 9.17) is 0 Å². The molecule has 0 aromatic carbocycles. The molecule has 2 rings (SSSR count). The highest BCUT2D eigenvalue weighted by Gasteiger charge is 2.25. The number of hydrogen-bond acceptors (Lipinski definition) is 3. The monoisotopic (exact) mass is 250 g/mol. The van der Waals surface area contributed by atoms with E-state index in [0.29, 0.717) is 0 Å². The summed E-state index contributed by atoms with van der Waals surface area (Å²) in [5, 5.41) is 4.15. The van der Waals surface area contributed by atoms with Crippen LogP contribution < -0.4 is 0 Å². The van der Waals surface area contributed by atoms with Gasteiger partial charge in [0, 0.05) is 38.4 Å². The Bertz CT molecular complexity index is 409. The first-order valence-corrected chi connectivity index (χ1v) is 6.54. The zero-order chi connectivity index (χ0) is 13.1. The van der Waals surface area contributed by atoms with Crippen LogP contribution in [0.15, 0.2) is 12.4 Å². The summed E-state index contributed by atoms with van der Waals surface area (Å²) in [6, 6.07) is -0.0664. The average Bonchev–Trinajstić information content (AvgIpc) is 2.98. The van der Waals surface area contributed by atoms with Crippen molar-refractivity contribution in [1.29, 1.82) is 0 Å². The van der Waals surface area contributed by atoms with E-state index >= 15 is 0 Å². The van der Waals surface area contributed by atoms with E-state index in [-0.39, 0.29) is 11.9 Å². The average molecular weight is 250 g/mol. The lowest BCUT2D eigenvalue weighted by molar-refractivity contribution is -0.135. The third-order valence-electron chi connectivity index (χ3n) is 3.63. The summed E-state index contributed by atoms with van der Waals surface area (Å²) in [6.45, 7) is 4.58. The summed E-state index contributed by atoms with van der Waals surface area (Å²) < 4.78 is 1.79. The topological polar surface area (TPSA) is 41.4 Å². The highest BCUT2D eigenvalue weighted by molar-refractivity contribution is 5.81. The number of likely N-dealkylation sites (N-methyl/N-ethyl adjacent to an activating group) is 1. The number of aryl methyl sites for hydroxylation is 1. The van der Waals surface area contributed by atoms with Gasteiger partial charge in [-0.05, 0) is 26.8 Å². The molecule has 0 radical (unpaired) electrons. The smallest absolute Gasteiger partial charge is 0.239 e. The van der Waals surface area contributed by atoms with Gasteiger partial charge in [0.15, 0.2) is 0 Å². The molecular weight excluding hydrogens is 228 g/mol. The summed E-state index contributed by atoms with van der Waals surface area (Å²) in [4.78, 5) is 16.3. The minimum atomic E-state index is -0.0664. The Hall–Kier alpha value is -1.36. The molecule has 5 heteroatoms. The maximum atomic E-state index is 12.2. The number of amides is 1. The first-order valence-electron chi connectivity index (χ1n) is 6.54. The molecule has 100 valence electrons. The molecule has 0 spiro atoms. The van der Waals surface area contributed by atoms with Crippen molar-refractivity contribution in [3.63, 3.8) is 0 Å². The zero-order valence-corrected chi connectivity index (χ0v) is 11.5. The van der Waals surface area contributed by atoms with Crippen LogP contribution >= 0.6 is 0 Å². The molecule has 0 N–H and O–H groups in total. The number of rotatable bonds is 4. The molecule has 5 nitrogen and oxygen atoms in total. The van der Waals surface area contributed by atoms with Gasteiger partial charge in [0.25, 0.3) is 0 Å². The lowest BCUT2D eigenvalue weighted by atomic mass is 10.2. The van der Waals surface area contributed by atoms with Crippen LogP contribution in [0.3, 0.4) is 0 Å². The Morgan fingerprint density at radius 3 is 2.72 bits per heavy atom. The number of carbonyl (C=O) groups is 1. The standard InChI is InChI=1S/C13H22N4O/c1-11(13(18)17-6-4-5-7-17)15(2)9-12-8-14-16(3)10-12/h8,10-11H,4-7,9H2,1-3H3/t11-/m0/s1. The summed E-state index contributed by atoms with van der Waals surface area (Å²) in [6.07, 6.45) is 6.13. The van der Waals surface area contributed by atoms with E-state index in [9.17, 15) is 4.79 Å². The number of likely N-dealkylation sites (tertiary alicyclic amines) is 1. The van der Waals surface area contributed by atoms with Gasteiger partial charge in [-0.15, -0.1) is 0 Å². The van der Waals surface area contributed by atoms with Crippen molar-refractivity contribution in [3.8, 4) is 0 Å². The fraction of sp³-hybridized carbons (Fsp3) is 0.692. The van der Waals surface area contributed by atoms with Crippen LogP contribution in [0.4, 0.5) is 0 Å². The first-order chi connectivity index (χ1) is 8.58. The molecule has 0 saturated carbocycles. The molecule has 1 aliphatic heterocycles. The van der Waals surface area contributed by atoms with Crippen molar-refractivity contribution in [2.45, 2.75) is 32.4 Å². The molecule has 1 amide bonds. The van der Waals surface area contributed by atoms with Crippen molar-refractivity contribution in [3.05, 3.63) is 18.0 Å². The lowest BCUT2D eigenvalue weighted by Gasteiger charge is -2.27. The highest BCUT2D eigenvalue weighted by atomic mass is 16.2. The molecule has 18 heavy (non-hydrogen) atoms. The Kier molecular flexibility index (Phi) is 4.01. The summed E-state index contributed by atoms with van der Waals surface area (Å²) in [7, 11) is 3.90. The molecular formula is C13H22N4O. The fourth-order valence-corrected chi connectivity index (χ4v) is 2.37. The summed E-state index contributed by atoms with van der Waals surface area (Å²) >= 11 is 0. The SMILES string of the molecule is C[C@@H](C(=O)N1CCCC1)N(C)Cc1cnn(C)c1. The van der Waals surface area contributed by atoms with E-state index < -0.39 is 0 Å². The highest BCUT2D eigenvalue weighted by Crippen LogP contribution is 2.12. The van der Waals surface area contributed by atoms with Gasteiger partial charge in [0.05, 0.1) is 12.2 Å². The van der Waals surface area contributed by atoms with E-state index in [1.165, 1.54) is 0 Å². The molecule has 1 saturated heterocycles. The quantitative estimate of drug-likeness (QED) is 0.796. The Balaban J connectivity index is 1.91. The maximum Gasteiger partial charge on any atom is 0.239 e. The van der Waals surface area contributed by atoms with Crippen LogP contribution in [0.2, 0.25) is 0 Å². The largest absolute Gasteiger partial charge is 0.341 e. The zero-order valence-electron chi connectivity index (χ0n) is 11.5.